The molecule has 0 aromatic carbocycles. The zero-order chi connectivity index (χ0) is 13.1. The van der Waals surface area contributed by atoms with Crippen LogP contribution in [0.2, 0.25) is 0 Å². The molecule has 2 unspecified atom stereocenters. The molecule has 2 N–H and O–H groups in total. The van der Waals surface area contributed by atoms with Crippen LogP contribution in [0, 0.1) is 5.92 Å². The first-order valence-corrected chi connectivity index (χ1v) is 6.46. The van der Waals surface area contributed by atoms with E-state index in [0.29, 0.717) is 23.9 Å². The second-order valence-electron chi connectivity index (χ2n) is 5.19. The van der Waals surface area contributed by atoms with Gasteiger partial charge in [0.05, 0.1) is 0 Å². The highest BCUT2D eigenvalue weighted by Gasteiger charge is 2.22. The number of rotatable bonds is 4. The summed E-state index contributed by atoms with van der Waals surface area (Å²) in [5, 5.41) is 6.38. The molecule has 2 atom stereocenters. The fraction of sp³-hybridized carbons (Fsp3) is 0.750. The van der Waals surface area contributed by atoms with Crippen LogP contribution in [-0.4, -0.2) is 42.1 Å². The Balaban J connectivity index is 2.13. The zero-order valence-electron chi connectivity index (χ0n) is 11.6. The number of hydrogen-bond donors (Lipinski definition) is 2. The molecule has 0 amide bonds. The van der Waals surface area contributed by atoms with Crippen LogP contribution in [0.1, 0.15) is 26.2 Å². The molecule has 0 radical (unpaired) electrons. The van der Waals surface area contributed by atoms with E-state index in [9.17, 15) is 0 Å². The molecule has 0 bridgehead atoms. The molecular formula is C12H22N6. The molecule has 1 aliphatic carbocycles. The summed E-state index contributed by atoms with van der Waals surface area (Å²) in [5.74, 6) is 2.73. The van der Waals surface area contributed by atoms with Gasteiger partial charge in [0.15, 0.2) is 0 Å². The van der Waals surface area contributed by atoms with E-state index in [0.717, 1.165) is 5.92 Å². The largest absolute Gasteiger partial charge is 0.357 e. The number of nitrogens with zero attached hydrogens (tertiary/aromatic N) is 4. The molecule has 1 heterocycles. The van der Waals surface area contributed by atoms with Crippen LogP contribution in [0.15, 0.2) is 0 Å². The van der Waals surface area contributed by atoms with Crippen LogP contribution < -0.4 is 15.5 Å². The van der Waals surface area contributed by atoms with Crippen molar-refractivity contribution >= 4 is 17.8 Å². The lowest BCUT2D eigenvalue weighted by molar-refractivity contribution is 0.601. The highest BCUT2D eigenvalue weighted by atomic mass is 15.3. The summed E-state index contributed by atoms with van der Waals surface area (Å²) in [6, 6.07) is 0.488. The van der Waals surface area contributed by atoms with Gasteiger partial charge in [0, 0.05) is 27.2 Å². The average molecular weight is 250 g/mol. The molecule has 0 saturated heterocycles. The molecule has 1 aromatic rings. The summed E-state index contributed by atoms with van der Waals surface area (Å²) in [5.41, 5.74) is 0. The van der Waals surface area contributed by atoms with Gasteiger partial charge in [-0.05, 0) is 25.2 Å². The van der Waals surface area contributed by atoms with E-state index in [4.69, 9.17) is 0 Å². The van der Waals surface area contributed by atoms with Gasteiger partial charge in [-0.2, -0.15) is 15.0 Å². The van der Waals surface area contributed by atoms with Gasteiger partial charge >= 0.3 is 0 Å². The lowest BCUT2D eigenvalue weighted by Crippen LogP contribution is -2.21. The van der Waals surface area contributed by atoms with E-state index in [2.05, 4.69) is 32.5 Å². The van der Waals surface area contributed by atoms with Crippen LogP contribution >= 0.6 is 0 Å². The third-order valence-electron chi connectivity index (χ3n) is 3.28. The zero-order valence-corrected chi connectivity index (χ0v) is 11.6. The number of aromatic nitrogens is 3. The molecule has 6 heteroatoms. The molecule has 2 rings (SSSR count). The predicted octanol–water partition coefficient (Wildman–Crippen LogP) is 1.58. The van der Waals surface area contributed by atoms with Crippen LogP contribution in [0.3, 0.4) is 0 Å². The van der Waals surface area contributed by atoms with Crippen molar-refractivity contribution in [1.82, 2.24) is 15.0 Å². The fourth-order valence-corrected chi connectivity index (χ4v) is 2.26. The Kier molecular flexibility index (Phi) is 3.84. The van der Waals surface area contributed by atoms with E-state index in [1.807, 2.05) is 26.0 Å². The molecule has 6 nitrogen and oxygen atoms in total. The molecule has 1 aliphatic rings. The van der Waals surface area contributed by atoms with Gasteiger partial charge in [-0.25, -0.2) is 0 Å². The Labute approximate surface area is 108 Å². The van der Waals surface area contributed by atoms with Crippen molar-refractivity contribution in [3.05, 3.63) is 0 Å². The van der Waals surface area contributed by atoms with Crippen LogP contribution in [0.4, 0.5) is 17.8 Å². The smallest absolute Gasteiger partial charge is 0.231 e. The molecule has 0 spiro atoms. The molecule has 1 fully saturated rings. The highest BCUT2D eigenvalue weighted by molar-refractivity contribution is 5.43. The Morgan fingerprint density at radius 1 is 1.11 bits per heavy atom. The maximum atomic E-state index is 4.42. The Hall–Kier alpha value is -1.59. The quantitative estimate of drug-likeness (QED) is 0.846. The lowest BCUT2D eigenvalue weighted by atomic mass is 10.1. The molecule has 1 saturated carbocycles. The van der Waals surface area contributed by atoms with Gasteiger partial charge in [0.25, 0.3) is 0 Å². The second-order valence-corrected chi connectivity index (χ2v) is 5.19. The van der Waals surface area contributed by atoms with Gasteiger partial charge in [0.1, 0.15) is 0 Å². The summed E-state index contributed by atoms with van der Waals surface area (Å²) < 4.78 is 0. The third-order valence-corrected chi connectivity index (χ3v) is 3.28. The minimum Gasteiger partial charge on any atom is -0.357 e. The third kappa shape index (κ3) is 3.00. The minimum atomic E-state index is 0.488. The summed E-state index contributed by atoms with van der Waals surface area (Å²) in [6.45, 7) is 2.29. The molecule has 0 aliphatic heterocycles. The van der Waals surface area contributed by atoms with Crippen molar-refractivity contribution in [3.8, 4) is 0 Å². The first kappa shape index (κ1) is 12.9. The normalized spacial score (nSPS) is 22.9. The van der Waals surface area contributed by atoms with E-state index in [-0.39, 0.29) is 0 Å². The van der Waals surface area contributed by atoms with Gasteiger partial charge in [0.2, 0.25) is 17.8 Å². The summed E-state index contributed by atoms with van der Waals surface area (Å²) in [4.78, 5) is 14.9. The van der Waals surface area contributed by atoms with Crippen molar-refractivity contribution in [2.45, 2.75) is 32.2 Å². The highest BCUT2D eigenvalue weighted by Crippen LogP contribution is 2.27. The van der Waals surface area contributed by atoms with Gasteiger partial charge in [-0.3, -0.25) is 0 Å². The van der Waals surface area contributed by atoms with E-state index in [1.54, 1.807) is 0 Å². The van der Waals surface area contributed by atoms with Gasteiger partial charge in [-0.1, -0.05) is 6.92 Å². The second kappa shape index (κ2) is 5.37. The number of hydrogen-bond acceptors (Lipinski definition) is 6. The van der Waals surface area contributed by atoms with Gasteiger partial charge in [-0.15, -0.1) is 0 Å². The van der Waals surface area contributed by atoms with Crippen molar-refractivity contribution < 1.29 is 0 Å². The van der Waals surface area contributed by atoms with Crippen LogP contribution in [0.5, 0.6) is 0 Å². The number of nitrogens with one attached hydrogen (secondary N) is 2. The summed E-state index contributed by atoms with van der Waals surface area (Å²) in [6.07, 6.45) is 3.67. The van der Waals surface area contributed by atoms with E-state index >= 15 is 0 Å². The van der Waals surface area contributed by atoms with Crippen molar-refractivity contribution in [1.29, 1.82) is 0 Å². The summed E-state index contributed by atoms with van der Waals surface area (Å²) >= 11 is 0. The monoisotopic (exact) mass is 250 g/mol. The Bertz CT molecular complexity index is 406. The van der Waals surface area contributed by atoms with Crippen molar-refractivity contribution in [2.75, 3.05) is 36.7 Å². The lowest BCUT2D eigenvalue weighted by Gasteiger charge is -2.16. The predicted molar refractivity (Wildman–Crippen MR) is 74.1 cm³/mol. The average Bonchev–Trinajstić information content (AvgIpc) is 2.74. The Morgan fingerprint density at radius 2 is 1.83 bits per heavy atom. The van der Waals surface area contributed by atoms with Gasteiger partial charge < -0.3 is 15.5 Å². The molecule has 18 heavy (non-hydrogen) atoms. The van der Waals surface area contributed by atoms with Crippen LogP contribution in [0.25, 0.3) is 0 Å². The topological polar surface area (TPSA) is 66.0 Å². The van der Waals surface area contributed by atoms with Crippen LogP contribution in [-0.2, 0) is 0 Å². The minimum absolute atomic E-state index is 0.488. The fourth-order valence-electron chi connectivity index (χ4n) is 2.26. The van der Waals surface area contributed by atoms with Crippen molar-refractivity contribution in [3.63, 3.8) is 0 Å². The SMILES string of the molecule is CNc1nc(NC2CCC(C)C2)nc(N(C)C)n1. The van der Waals surface area contributed by atoms with E-state index in [1.165, 1.54) is 19.3 Å². The molecular weight excluding hydrogens is 228 g/mol. The summed E-state index contributed by atoms with van der Waals surface area (Å²) in [7, 11) is 5.67. The first-order chi connectivity index (χ1) is 8.58. The number of anilines is 3. The molecule has 1 aromatic heterocycles. The molecule has 100 valence electrons. The van der Waals surface area contributed by atoms with E-state index < -0.39 is 0 Å². The maximum Gasteiger partial charge on any atom is 0.231 e. The maximum absolute atomic E-state index is 4.42. The Morgan fingerprint density at radius 3 is 2.39 bits per heavy atom. The standard InChI is InChI=1S/C12H22N6/c1-8-5-6-9(7-8)14-11-15-10(13-2)16-12(17-11)18(3)4/h8-9H,5-7H2,1-4H3,(H2,13,14,15,16,17). The first-order valence-electron chi connectivity index (χ1n) is 6.46. The van der Waals surface area contributed by atoms with Crippen molar-refractivity contribution in [2.24, 2.45) is 5.92 Å².